The van der Waals surface area contributed by atoms with Crippen LogP contribution in [0.2, 0.25) is 18.1 Å². The van der Waals surface area contributed by atoms with Gasteiger partial charge in [-0.15, -0.1) is 0 Å². The average molecular weight is 309 g/mol. The molecule has 1 aromatic carbocycles. The van der Waals surface area contributed by atoms with Crippen LogP contribution in [0.25, 0.3) is 0 Å². The van der Waals surface area contributed by atoms with Crippen LogP contribution in [0.5, 0.6) is 5.75 Å². The van der Waals surface area contributed by atoms with Gasteiger partial charge in [-0.3, -0.25) is 4.79 Å². The van der Waals surface area contributed by atoms with Crippen LogP contribution in [0.4, 0.5) is 0 Å². The predicted octanol–water partition coefficient (Wildman–Crippen LogP) is 2.15. The van der Waals surface area contributed by atoms with Crippen molar-refractivity contribution in [2.24, 2.45) is 5.73 Å². The van der Waals surface area contributed by atoms with E-state index in [0.29, 0.717) is 6.42 Å². The summed E-state index contributed by atoms with van der Waals surface area (Å²) in [5.41, 5.74) is 6.92. The van der Waals surface area contributed by atoms with Crippen LogP contribution >= 0.6 is 0 Å². The second kappa shape index (κ2) is 6.20. The Balaban J connectivity index is 3.27. The number of carbonyl (C=O) groups is 1. The van der Waals surface area contributed by atoms with Crippen molar-refractivity contribution < 1.29 is 14.6 Å². The smallest absolute Gasteiger partial charge is 0.322 e. The van der Waals surface area contributed by atoms with Gasteiger partial charge in [0.25, 0.3) is 0 Å². The maximum Gasteiger partial charge on any atom is 0.322 e. The third-order valence-electron chi connectivity index (χ3n) is 4.59. The third-order valence-corrected chi connectivity index (χ3v) is 10.1. The van der Waals surface area contributed by atoms with Crippen molar-refractivity contribution in [2.45, 2.75) is 51.4 Å². The van der Waals surface area contributed by atoms with E-state index in [1.54, 1.807) is 6.07 Å². The highest BCUT2D eigenvalue weighted by Crippen LogP contribution is 2.36. The molecule has 1 rings (SSSR count). The fraction of sp³-hybridized carbons (Fsp3) is 0.562. The number of phenols is 1. The minimum atomic E-state index is -1.84. The van der Waals surface area contributed by atoms with E-state index in [1.807, 2.05) is 12.1 Å². The van der Waals surface area contributed by atoms with Crippen LogP contribution in [-0.4, -0.2) is 32.3 Å². The van der Waals surface area contributed by atoms with Crippen molar-refractivity contribution in [3.63, 3.8) is 0 Å². The van der Waals surface area contributed by atoms with Crippen LogP contribution < -0.4 is 10.9 Å². The summed E-state index contributed by atoms with van der Waals surface area (Å²) >= 11 is 0. The Labute approximate surface area is 128 Å². The standard InChI is InChI=1S/C16H27NO3Si/c1-16(2,3)21(5,6)14-10-12(18)8-7-11(14)9-13(17)15(19)20-4/h7-8,10,13,18H,9,17H2,1-6H3/t13-/m0/s1. The third kappa shape index (κ3) is 3.86. The molecule has 1 atom stereocenters. The molecule has 5 heteroatoms. The summed E-state index contributed by atoms with van der Waals surface area (Å²) < 4.78 is 4.70. The molecule has 0 fully saturated rings. The Kier molecular flexibility index (Phi) is 5.23. The topological polar surface area (TPSA) is 72.5 Å². The Morgan fingerprint density at radius 1 is 1.38 bits per heavy atom. The Morgan fingerprint density at radius 2 is 1.95 bits per heavy atom. The number of rotatable bonds is 4. The summed E-state index contributed by atoms with van der Waals surface area (Å²) in [4.78, 5) is 11.6. The highest BCUT2D eigenvalue weighted by Gasteiger charge is 2.38. The molecule has 0 spiro atoms. The van der Waals surface area contributed by atoms with Gasteiger partial charge in [0, 0.05) is 0 Å². The predicted molar refractivity (Wildman–Crippen MR) is 88.6 cm³/mol. The molecule has 0 unspecified atom stereocenters. The van der Waals surface area contributed by atoms with Crippen molar-refractivity contribution in [3.8, 4) is 5.75 Å². The van der Waals surface area contributed by atoms with Crippen LogP contribution in [0.3, 0.4) is 0 Å². The Morgan fingerprint density at radius 3 is 2.43 bits per heavy atom. The van der Waals surface area contributed by atoms with Crippen molar-refractivity contribution in [3.05, 3.63) is 23.8 Å². The lowest BCUT2D eigenvalue weighted by molar-refractivity contribution is -0.142. The van der Waals surface area contributed by atoms with Crippen LogP contribution in [0.1, 0.15) is 26.3 Å². The SMILES string of the molecule is COC(=O)[C@@H](N)Cc1ccc(O)cc1[Si](C)(C)C(C)(C)C. The van der Waals surface area contributed by atoms with E-state index in [-0.39, 0.29) is 10.8 Å². The molecule has 0 bridgehead atoms. The number of phenolic OH excluding ortho intramolecular Hbond substituents is 1. The molecule has 0 saturated heterocycles. The summed E-state index contributed by atoms with van der Waals surface area (Å²) in [5.74, 6) is -0.158. The largest absolute Gasteiger partial charge is 0.508 e. The molecule has 0 aliphatic carbocycles. The zero-order chi connectivity index (χ0) is 16.4. The molecule has 21 heavy (non-hydrogen) atoms. The normalized spacial score (nSPS) is 13.9. The van der Waals surface area contributed by atoms with Gasteiger partial charge in [0.1, 0.15) is 11.8 Å². The fourth-order valence-electron chi connectivity index (χ4n) is 2.20. The zero-order valence-electron chi connectivity index (χ0n) is 13.9. The minimum absolute atomic E-state index is 0.130. The molecule has 0 saturated carbocycles. The minimum Gasteiger partial charge on any atom is -0.508 e. The van der Waals surface area contributed by atoms with Gasteiger partial charge >= 0.3 is 5.97 Å². The molecule has 0 radical (unpaired) electrons. The fourth-order valence-corrected chi connectivity index (χ4v) is 4.50. The lowest BCUT2D eigenvalue weighted by atomic mass is 10.1. The summed E-state index contributed by atoms with van der Waals surface area (Å²) in [5, 5.41) is 11.1. The molecule has 0 amide bonds. The maximum atomic E-state index is 11.6. The lowest BCUT2D eigenvalue weighted by Gasteiger charge is -2.39. The highest BCUT2D eigenvalue weighted by atomic mass is 28.3. The molecule has 0 aliphatic heterocycles. The summed E-state index contributed by atoms with van der Waals surface area (Å²) in [7, 11) is -0.495. The van der Waals surface area contributed by atoms with Gasteiger partial charge in [0.2, 0.25) is 0 Å². The average Bonchev–Trinajstić information content (AvgIpc) is 2.38. The lowest BCUT2D eigenvalue weighted by Crippen LogP contribution is -2.51. The molecule has 118 valence electrons. The van der Waals surface area contributed by atoms with Crippen molar-refractivity contribution in [1.82, 2.24) is 0 Å². The summed E-state index contributed by atoms with van der Waals surface area (Å²) in [6, 6.07) is 4.67. The number of aromatic hydroxyl groups is 1. The van der Waals surface area contributed by atoms with E-state index in [4.69, 9.17) is 10.5 Å². The highest BCUT2D eigenvalue weighted by molar-refractivity contribution is 6.92. The molecule has 0 heterocycles. The number of hydrogen-bond acceptors (Lipinski definition) is 4. The van der Waals surface area contributed by atoms with E-state index < -0.39 is 20.1 Å². The van der Waals surface area contributed by atoms with E-state index in [2.05, 4.69) is 33.9 Å². The Hall–Kier alpha value is -1.33. The molecule has 4 nitrogen and oxygen atoms in total. The van der Waals surface area contributed by atoms with Gasteiger partial charge in [-0.05, 0) is 29.2 Å². The van der Waals surface area contributed by atoms with Gasteiger partial charge in [0.15, 0.2) is 0 Å². The second-order valence-corrected chi connectivity index (χ2v) is 12.3. The van der Waals surface area contributed by atoms with Gasteiger partial charge in [-0.25, -0.2) is 0 Å². The maximum absolute atomic E-state index is 11.6. The monoisotopic (exact) mass is 309 g/mol. The zero-order valence-corrected chi connectivity index (χ0v) is 14.9. The number of hydrogen-bond donors (Lipinski definition) is 2. The van der Waals surface area contributed by atoms with Crippen LogP contribution in [0, 0.1) is 0 Å². The first kappa shape index (κ1) is 17.7. The molecule has 1 aromatic rings. The van der Waals surface area contributed by atoms with Crippen LogP contribution in [-0.2, 0) is 16.0 Å². The number of ether oxygens (including phenoxy) is 1. The van der Waals surface area contributed by atoms with Crippen molar-refractivity contribution >= 4 is 19.2 Å². The molecule has 0 aromatic heterocycles. The quantitative estimate of drug-likeness (QED) is 0.660. The Bertz CT molecular complexity index is 521. The number of methoxy groups -OCH3 is 1. The van der Waals surface area contributed by atoms with Gasteiger partial charge < -0.3 is 15.6 Å². The van der Waals surface area contributed by atoms with Gasteiger partial charge in [-0.2, -0.15) is 0 Å². The first-order valence-corrected chi connectivity index (χ1v) is 10.2. The van der Waals surface area contributed by atoms with Crippen molar-refractivity contribution in [1.29, 1.82) is 0 Å². The molecular formula is C16H27NO3Si. The van der Waals surface area contributed by atoms with Gasteiger partial charge in [-0.1, -0.05) is 45.1 Å². The first-order valence-electron chi connectivity index (χ1n) is 7.16. The molecular weight excluding hydrogens is 282 g/mol. The van der Waals surface area contributed by atoms with E-state index >= 15 is 0 Å². The first-order chi connectivity index (χ1) is 9.50. The van der Waals surface area contributed by atoms with Crippen molar-refractivity contribution in [2.75, 3.05) is 7.11 Å². The molecule has 0 aliphatic rings. The van der Waals surface area contributed by atoms with Gasteiger partial charge in [0.05, 0.1) is 15.2 Å². The molecule has 3 N–H and O–H groups in total. The van der Waals surface area contributed by atoms with E-state index in [0.717, 1.165) is 10.8 Å². The number of esters is 1. The second-order valence-electron chi connectivity index (χ2n) is 7.05. The number of nitrogens with two attached hydrogens (primary N) is 1. The van der Waals surface area contributed by atoms with Crippen LogP contribution in [0.15, 0.2) is 18.2 Å². The van der Waals surface area contributed by atoms with E-state index in [1.165, 1.54) is 7.11 Å². The summed E-state index contributed by atoms with van der Waals surface area (Å²) in [6.07, 6.45) is 0.425. The van der Waals surface area contributed by atoms with E-state index in [9.17, 15) is 9.90 Å². The number of carbonyl (C=O) groups excluding carboxylic acids is 1. The summed E-state index contributed by atoms with van der Waals surface area (Å²) in [6.45, 7) is 11.2. The number of benzene rings is 1.